The fraction of sp³-hybridized carbons (Fsp3) is 0.621. The predicted molar refractivity (Wildman–Crippen MR) is 146 cm³/mol. The number of unbranched alkanes of at least 4 members (excludes halogenated alkanes) is 1. The second-order valence-corrected chi connectivity index (χ2v) is 13.2. The lowest BCUT2D eigenvalue weighted by atomic mass is 9.79. The average molecular weight is 535 g/mol. The molecule has 3 fully saturated rings. The molecule has 0 aromatic heterocycles. The molecule has 38 heavy (non-hydrogen) atoms. The van der Waals surface area contributed by atoms with Gasteiger partial charge in [0.2, 0.25) is 11.8 Å². The van der Waals surface area contributed by atoms with Crippen molar-refractivity contribution < 1.29 is 9.59 Å². The van der Waals surface area contributed by atoms with Crippen molar-refractivity contribution in [2.45, 2.75) is 94.2 Å². The number of nitrogens with one attached hydrogen (secondary N) is 1. The zero-order chi connectivity index (χ0) is 27.2. The summed E-state index contributed by atoms with van der Waals surface area (Å²) in [4.78, 5) is 32.0. The molecular formula is C29H38N6O2S. The first-order valence-electron chi connectivity index (χ1n) is 13.9. The Hall–Kier alpha value is -3.06. The van der Waals surface area contributed by atoms with Crippen LogP contribution in [-0.2, 0) is 16.1 Å². The molecule has 8 nitrogen and oxygen atoms in total. The summed E-state index contributed by atoms with van der Waals surface area (Å²) < 4.78 is 0. The highest BCUT2D eigenvalue weighted by Gasteiger charge is 2.53. The number of rotatable bonds is 8. The zero-order valence-electron chi connectivity index (χ0n) is 22.3. The van der Waals surface area contributed by atoms with Crippen LogP contribution in [0.3, 0.4) is 0 Å². The van der Waals surface area contributed by atoms with Crippen molar-refractivity contribution in [3.05, 3.63) is 29.8 Å². The van der Waals surface area contributed by atoms with Crippen molar-refractivity contribution in [1.82, 2.24) is 15.1 Å². The molecule has 1 aliphatic carbocycles. The van der Waals surface area contributed by atoms with Gasteiger partial charge in [0.1, 0.15) is 27.8 Å². The molecule has 9 heteroatoms. The minimum Gasteiger partial charge on any atom is -0.342 e. The first-order chi connectivity index (χ1) is 18.4. The largest absolute Gasteiger partial charge is 0.342 e. The number of nitrogens with zero attached hydrogens (tertiary/aromatic N) is 5. The number of thiocyanates is 3. The summed E-state index contributed by atoms with van der Waals surface area (Å²) in [7, 11) is -2.78. The van der Waals surface area contributed by atoms with Crippen LogP contribution in [0.2, 0.25) is 0 Å². The SMILES string of the molecule is CCCCN1C(=O)C(CC2CCCCC2)NC(=O)C12CCN(Cc1ccc(S(C#N)(C#N)C#N)cc1)CC2. The smallest absolute Gasteiger partial charge is 0.246 e. The van der Waals surface area contributed by atoms with E-state index in [1.165, 1.54) is 19.3 Å². The van der Waals surface area contributed by atoms with Gasteiger partial charge in [-0.2, -0.15) is 15.8 Å². The second-order valence-electron chi connectivity index (χ2n) is 10.9. The van der Waals surface area contributed by atoms with Gasteiger partial charge in [-0.1, -0.05) is 57.6 Å². The molecule has 4 rings (SSSR count). The van der Waals surface area contributed by atoms with E-state index in [1.54, 1.807) is 12.1 Å². The van der Waals surface area contributed by atoms with Gasteiger partial charge < -0.3 is 10.2 Å². The molecule has 3 aliphatic rings. The highest BCUT2D eigenvalue weighted by Crippen LogP contribution is 2.52. The molecule has 1 unspecified atom stereocenters. The normalized spacial score (nSPS) is 22.8. The monoisotopic (exact) mass is 534 g/mol. The van der Waals surface area contributed by atoms with Gasteiger partial charge in [-0.15, -0.1) is 0 Å². The molecule has 0 bridgehead atoms. The highest BCUT2D eigenvalue weighted by molar-refractivity contribution is 8.44. The molecule has 1 N–H and O–H groups in total. The molecule has 1 aromatic rings. The van der Waals surface area contributed by atoms with Crippen molar-refractivity contribution >= 4 is 21.8 Å². The number of carbonyl (C=O) groups excluding carboxylic acids is 2. The van der Waals surface area contributed by atoms with Crippen LogP contribution in [0.15, 0.2) is 29.2 Å². The van der Waals surface area contributed by atoms with Crippen molar-refractivity contribution in [2.24, 2.45) is 5.92 Å². The standard InChI is InChI=1S/C29H38N6O2S/c1-2-3-15-35-27(36)26(18-23-7-5-4-6-8-23)33-28(37)29(35)13-16-34(17-14-29)19-24-9-11-25(12-10-24)38(20-30,21-31)22-32/h9-12,23,26H,2-8,13-19H2,1H3,(H,33,37). The van der Waals surface area contributed by atoms with E-state index >= 15 is 0 Å². The summed E-state index contributed by atoms with van der Waals surface area (Å²) in [5.74, 6) is 0.641. The molecule has 1 aromatic carbocycles. The number of carbonyl (C=O) groups is 2. The number of nitriles is 3. The third-order valence-corrected chi connectivity index (χ3v) is 10.4. The third-order valence-electron chi connectivity index (χ3n) is 8.61. The lowest BCUT2D eigenvalue weighted by Gasteiger charge is -2.52. The Morgan fingerprint density at radius 3 is 2.21 bits per heavy atom. The summed E-state index contributed by atoms with van der Waals surface area (Å²) in [6.45, 7) is 4.81. The molecule has 2 saturated heterocycles. The van der Waals surface area contributed by atoms with Gasteiger partial charge in [-0.25, -0.2) is 0 Å². The Labute approximate surface area is 227 Å². The lowest BCUT2D eigenvalue weighted by molar-refractivity contribution is -0.162. The Kier molecular flexibility index (Phi) is 8.98. The Balaban J connectivity index is 1.42. The van der Waals surface area contributed by atoms with E-state index in [0.29, 0.717) is 49.8 Å². The van der Waals surface area contributed by atoms with Gasteiger partial charge in [-0.05, 0) is 49.3 Å². The maximum absolute atomic E-state index is 13.7. The van der Waals surface area contributed by atoms with Gasteiger partial charge in [0.05, 0.1) is 10.0 Å². The maximum atomic E-state index is 13.7. The van der Waals surface area contributed by atoms with E-state index in [4.69, 9.17) is 0 Å². The van der Waals surface area contributed by atoms with Crippen molar-refractivity contribution in [3.8, 4) is 16.2 Å². The molecule has 2 amide bonds. The highest BCUT2D eigenvalue weighted by atomic mass is 32.3. The zero-order valence-corrected chi connectivity index (χ0v) is 23.1. The summed E-state index contributed by atoms with van der Waals surface area (Å²) in [5, 5.41) is 37.0. The Bertz CT molecular complexity index is 1100. The van der Waals surface area contributed by atoms with Crippen LogP contribution in [0, 0.1) is 37.9 Å². The lowest BCUT2D eigenvalue weighted by Crippen LogP contribution is -2.73. The van der Waals surface area contributed by atoms with Crippen LogP contribution in [0.25, 0.3) is 0 Å². The average Bonchev–Trinajstić information content (AvgIpc) is 2.95. The molecule has 202 valence electrons. The van der Waals surface area contributed by atoms with Crippen LogP contribution < -0.4 is 5.32 Å². The summed E-state index contributed by atoms with van der Waals surface area (Å²) in [6, 6.07) is 6.76. The van der Waals surface area contributed by atoms with Crippen LogP contribution in [-0.4, -0.2) is 52.8 Å². The van der Waals surface area contributed by atoms with Gasteiger partial charge in [0.25, 0.3) is 0 Å². The van der Waals surface area contributed by atoms with E-state index in [2.05, 4.69) is 17.1 Å². The molecule has 1 atom stereocenters. The number of amides is 2. The number of hydrogen-bond acceptors (Lipinski definition) is 6. The van der Waals surface area contributed by atoms with E-state index < -0.39 is 21.6 Å². The minimum atomic E-state index is -2.78. The van der Waals surface area contributed by atoms with E-state index in [1.807, 2.05) is 33.2 Å². The van der Waals surface area contributed by atoms with Crippen molar-refractivity contribution in [3.63, 3.8) is 0 Å². The molecule has 2 aliphatic heterocycles. The molecule has 0 radical (unpaired) electrons. The summed E-state index contributed by atoms with van der Waals surface area (Å²) in [6.07, 6.45) is 9.86. The molecule has 1 saturated carbocycles. The number of benzene rings is 1. The van der Waals surface area contributed by atoms with Gasteiger partial charge >= 0.3 is 0 Å². The van der Waals surface area contributed by atoms with Gasteiger partial charge in [0.15, 0.2) is 0 Å². The first kappa shape index (κ1) is 28.0. The fourth-order valence-electron chi connectivity index (χ4n) is 6.29. The predicted octanol–water partition coefficient (Wildman–Crippen LogP) is 4.73. The Morgan fingerprint density at radius 2 is 1.63 bits per heavy atom. The van der Waals surface area contributed by atoms with E-state index in [-0.39, 0.29) is 11.8 Å². The number of hydrogen-bond donors (Lipinski definition) is 1. The minimum absolute atomic E-state index is 0.0156. The topological polar surface area (TPSA) is 124 Å². The number of likely N-dealkylation sites (tertiary alicyclic amines) is 1. The Morgan fingerprint density at radius 1 is 1.00 bits per heavy atom. The molecule has 1 spiro atoms. The maximum Gasteiger partial charge on any atom is 0.246 e. The van der Waals surface area contributed by atoms with Gasteiger partial charge in [0, 0.05) is 31.1 Å². The first-order valence-corrected chi connectivity index (χ1v) is 15.5. The fourth-order valence-corrected chi connectivity index (χ4v) is 7.27. The number of piperidine rings is 1. The van der Waals surface area contributed by atoms with E-state index in [0.717, 1.165) is 37.7 Å². The van der Waals surface area contributed by atoms with Crippen LogP contribution >= 0.6 is 10.0 Å². The van der Waals surface area contributed by atoms with Gasteiger partial charge in [-0.3, -0.25) is 14.5 Å². The van der Waals surface area contributed by atoms with Crippen LogP contribution in [0.5, 0.6) is 0 Å². The number of piperazine rings is 1. The summed E-state index contributed by atoms with van der Waals surface area (Å²) >= 11 is 0. The molecule has 2 heterocycles. The third kappa shape index (κ3) is 5.53. The van der Waals surface area contributed by atoms with Crippen molar-refractivity contribution in [1.29, 1.82) is 15.8 Å². The molecular weight excluding hydrogens is 496 g/mol. The van der Waals surface area contributed by atoms with Crippen LogP contribution in [0.1, 0.15) is 76.7 Å². The van der Waals surface area contributed by atoms with E-state index in [9.17, 15) is 25.4 Å². The van der Waals surface area contributed by atoms with Crippen molar-refractivity contribution in [2.75, 3.05) is 19.6 Å². The second kappa shape index (κ2) is 12.2. The quantitative estimate of drug-likeness (QED) is 0.481. The van der Waals surface area contributed by atoms with Crippen LogP contribution in [0.4, 0.5) is 0 Å². The summed E-state index contributed by atoms with van der Waals surface area (Å²) in [5.41, 5.74) is 0.247.